The minimum Gasteiger partial charge on any atom is -0.478 e. The van der Waals surface area contributed by atoms with Gasteiger partial charge in [0.1, 0.15) is 5.69 Å². The van der Waals surface area contributed by atoms with Crippen LogP contribution in [0.5, 0.6) is 0 Å². The minimum atomic E-state index is -1.00. The summed E-state index contributed by atoms with van der Waals surface area (Å²) in [6.07, 6.45) is 2.79. The van der Waals surface area contributed by atoms with Gasteiger partial charge in [-0.05, 0) is 43.2 Å². The fraction of sp³-hybridized carbons (Fsp3) is 0.250. The van der Waals surface area contributed by atoms with Crippen LogP contribution in [0.25, 0.3) is 0 Å². The fourth-order valence-corrected chi connectivity index (χ4v) is 2.18. The lowest BCUT2D eigenvalue weighted by Gasteiger charge is -2.10. The maximum absolute atomic E-state index is 12.3. The molecule has 110 valence electrons. The van der Waals surface area contributed by atoms with Gasteiger partial charge >= 0.3 is 5.97 Å². The Bertz CT molecular complexity index is 674. The lowest BCUT2D eigenvalue weighted by atomic mass is 10.1. The lowest BCUT2D eigenvalue weighted by Crippen LogP contribution is -2.17. The highest BCUT2D eigenvalue weighted by molar-refractivity contribution is 6.04. The number of nitrogens with one attached hydrogen (secondary N) is 1. The highest BCUT2D eigenvalue weighted by atomic mass is 16.4. The van der Waals surface area contributed by atoms with Crippen LogP contribution >= 0.6 is 0 Å². The zero-order chi connectivity index (χ0) is 15.4. The van der Waals surface area contributed by atoms with E-state index in [1.807, 2.05) is 23.8 Å². The molecule has 1 heterocycles. The molecule has 0 bridgehead atoms. The molecule has 5 heteroatoms. The smallest absolute Gasteiger partial charge is 0.336 e. The van der Waals surface area contributed by atoms with E-state index in [9.17, 15) is 9.59 Å². The molecule has 0 spiro atoms. The SMILES string of the molecule is CCCn1cccc1C(=O)Nc1ccc(C)c(C(=O)O)c1. The van der Waals surface area contributed by atoms with Gasteiger partial charge in [0.25, 0.3) is 5.91 Å². The molecule has 1 aromatic heterocycles. The van der Waals surface area contributed by atoms with Crippen LogP contribution in [-0.2, 0) is 6.54 Å². The van der Waals surface area contributed by atoms with Crippen molar-refractivity contribution in [1.29, 1.82) is 0 Å². The third kappa shape index (κ3) is 3.31. The van der Waals surface area contributed by atoms with Crippen LogP contribution in [0.15, 0.2) is 36.5 Å². The Labute approximate surface area is 123 Å². The zero-order valence-corrected chi connectivity index (χ0v) is 12.1. The maximum atomic E-state index is 12.3. The number of rotatable bonds is 5. The summed E-state index contributed by atoms with van der Waals surface area (Å²) in [5.74, 6) is -1.24. The molecule has 21 heavy (non-hydrogen) atoms. The molecule has 0 aliphatic rings. The van der Waals surface area contributed by atoms with Gasteiger partial charge in [-0.25, -0.2) is 4.79 Å². The third-order valence-electron chi connectivity index (χ3n) is 3.25. The summed E-state index contributed by atoms with van der Waals surface area (Å²) in [4.78, 5) is 23.4. The number of anilines is 1. The molecular formula is C16H18N2O3. The summed E-state index contributed by atoms with van der Waals surface area (Å²) in [6, 6.07) is 8.43. The van der Waals surface area contributed by atoms with Gasteiger partial charge in [0.2, 0.25) is 0 Å². The number of aryl methyl sites for hydroxylation is 2. The van der Waals surface area contributed by atoms with Gasteiger partial charge in [0.05, 0.1) is 5.56 Å². The van der Waals surface area contributed by atoms with Gasteiger partial charge in [0, 0.05) is 18.4 Å². The van der Waals surface area contributed by atoms with E-state index in [0.29, 0.717) is 16.9 Å². The van der Waals surface area contributed by atoms with E-state index < -0.39 is 5.97 Å². The van der Waals surface area contributed by atoms with E-state index in [-0.39, 0.29) is 11.5 Å². The number of benzene rings is 1. The predicted molar refractivity (Wildman–Crippen MR) is 80.8 cm³/mol. The standard InChI is InChI=1S/C16H18N2O3/c1-3-8-18-9-4-5-14(18)15(19)17-12-7-6-11(2)13(10-12)16(20)21/h4-7,9-10H,3,8H2,1-2H3,(H,17,19)(H,20,21). The quantitative estimate of drug-likeness (QED) is 0.887. The van der Waals surface area contributed by atoms with E-state index >= 15 is 0 Å². The molecule has 0 atom stereocenters. The number of hydrogen-bond acceptors (Lipinski definition) is 2. The molecule has 0 unspecified atom stereocenters. The van der Waals surface area contributed by atoms with Crippen molar-refractivity contribution in [2.75, 3.05) is 5.32 Å². The van der Waals surface area contributed by atoms with Crippen LogP contribution < -0.4 is 5.32 Å². The monoisotopic (exact) mass is 286 g/mol. The molecule has 2 rings (SSSR count). The van der Waals surface area contributed by atoms with E-state index in [4.69, 9.17) is 5.11 Å². The van der Waals surface area contributed by atoms with E-state index in [1.54, 1.807) is 25.1 Å². The average molecular weight is 286 g/mol. The molecular weight excluding hydrogens is 268 g/mol. The number of hydrogen-bond donors (Lipinski definition) is 2. The summed E-state index contributed by atoms with van der Waals surface area (Å²) >= 11 is 0. The van der Waals surface area contributed by atoms with Crippen molar-refractivity contribution in [2.24, 2.45) is 0 Å². The van der Waals surface area contributed by atoms with E-state index in [2.05, 4.69) is 5.32 Å². The van der Waals surface area contributed by atoms with Crippen LogP contribution in [0.2, 0.25) is 0 Å². The Balaban J connectivity index is 2.21. The lowest BCUT2D eigenvalue weighted by molar-refractivity contribution is 0.0695. The number of amides is 1. The second-order valence-corrected chi connectivity index (χ2v) is 4.88. The molecule has 0 aliphatic carbocycles. The number of carboxylic acid groups (broad SMARTS) is 1. The first-order valence-electron chi connectivity index (χ1n) is 6.83. The third-order valence-corrected chi connectivity index (χ3v) is 3.25. The van der Waals surface area contributed by atoms with Gasteiger partial charge in [-0.3, -0.25) is 4.79 Å². The van der Waals surface area contributed by atoms with E-state index in [0.717, 1.165) is 13.0 Å². The molecule has 0 saturated carbocycles. The summed E-state index contributed by atoms with van der Waals surface area (Å²) in [6.45, 7) is 4.53. The number of carboxylic acids is 1. The van der Waals surface area contributed by atoms with Gasteiger partial charge in [-0.2, -0.15) is 0 Å². The van der Waals surface area contributed by atoms with Gasteiger partial charge in [-0.1, -0.05) is 13.0 Å². The van der Waals surface area contributed by atoms with Crippen LogP contribution in [0, 0.1) is 6.92 Å². The number of aromatic carboxylic acids is 1. The second-order valence-electron chi connectivity index (χ2n) is 4.88. The molecule has 1 aromatic carbocycles. The van der Waals surface area contributed by atoms with Gasteiger partial charge < -0.3 is 15.0 Å². The normalized spacial score (nSPS) is 10.4. The molecule has 5 nitrogen and oxygen atoms in total. The molecule has 2 N–H and O–H groups in total. The van der Waals surface area contributed by atoms with Crippen molar-refractivity contribution in [1.82, 2.24) is 4.57 Å². The Morgan fingerprint density at radius 2 is 2.05 bits per heavy atom. The summed E-state index contributed by atoms with van der Waals surface area (Å²) in [5.41, 5.74) is 1.90. The number of aromatic nitrogens is 1. The van der Waals surface area contributed by atoms with Crippen molar-refractivity contribution >= 4 is 17.6 Å². The van der Waals surface area contributed by atoms with Crippen molar-refractivity contribution in [2.45, 2.75) is 26.8 Å². The second kappa shape index (κ2) is 6.26. The zero-order valence-electron chi connectivity index (χ0n) is 12.1. The van der Waals surface area contributed by atoms with Crippen LogP contribution in [0.3, 0.4) is 0 Å². The first kappa shape index (κ1) is 14.8. The van der Waals surface area contributed by atoms with Crippen molar-refractivity contribution in [3.63, 3.8) is 0 Å². The van der Waals surface area contributed by atoms with E-state index in [1.165, 1.54) is 6.07 Å². The summed E-state index contributed by atoms with van der Waals surface area (Å²) in [5, 5.41) is 11.8. The number of nitrogens with zero attached hydrogens (tertiary/aromatic N) is 1. The van der Waals surface area contributed by atoms with Crippen molar-refractivity contribution < 1.29 is 14.7 Å². The summed E-state index contributed by atoms with van der Waals surface area (Å²) in [7, 11) is 0. The number of carbonyl (C=O) groups is 2. The molecule has 0 saturated heterocycles. The molecule has 1 amide bonds. The fourth-order valence-electron chi connectivity index (χ4n) is 2.18. The first-order chi connectivity index (χ1) is 10.0. The molecule has 0 aliphatic heterocycles. The van der Waals surface area contributed by atoms with Crippen LogP contribution in [0.1, 0.15) is 39.8 Å². The highest BCUT2D eigenvalue weighted by Crippen LogP contribution is 2.16. The molecule has 0 fully saturated rings. The Morgan fingerprint density at radius 3 is 2.71 bits per heavy atom. The van der Waals surface area contributed by atoms with Gasteiger partial charge in [-0.15, -0.1) is 0 Å². The molecule has 2 aromatic rings. The average Bonchev–Trinajstić information content (AvgIpc) is 2.89. The summed E-state index contributed by atoms with van der Waals surface area (Å²) < 4.78 is 1.88. The Kier molecular flexibility index (Phi) is 4.42. The Hall–Kier alpha value is -2.56. The topological polar surface area (TPSA) is 71.3 Å². The number of carbonyl (C=O) groups excluding carboxylic acids is 1. The Morgan fingerprint density at radius 1 is 1.29 bits per heavy atom. The van der Waals surface area contributed by atoms with Gasteiger partial charge in [0.15, 0.2) is 0 Å². The van der Waals surface area contributed by atoms with Crippen molar-refractivity contribution in [3.8, 4) is 0 Å². The first-order valence-corrected chi connectivity index (χ1v) is 6.83. The predicted octanol–water partition coefficient (Wildman–Crippen LogP) is 3.16. The van der Waals surface area contributed by atoms with Crippen LogP contribution in [-0.4, -0.2) is 21.6 Å². The molecule has 0 radical (unpaired) electrons. The largest absolute Gasteiger partial charge is 0.478 e. The van der Waals surface area contributed by atoms with Crippen molar-refractivity contribution in [3.05, 3.63) is 53.3 Å². The van der Waals surface area contributed by atoms with Crippen LogP contribution in [0.4, 0.5) is 5.69 Å². The maximum Gasteiger partial charge on any atom is 0.336 e. The minimum absolute atomic E-state index is 0.191. The highest BCUT2D eigenvalue weighted by Gasteiger charge is 2.13.